The van der Waals surface area contributed by atoms with Crippen LogP contribution in [0, 0.1) is 11.2 Å². The number of benzene rings is 2. The van der Waals surface area contributed by atoms with E-state index in [0.717, 1.165) is 29.9 Å². The number of fused-ring (bicyclic) bond motifs is 3. The maximum Gasteiger partial charge on any atom is 0.262 e. The molecule has 162 valence electrons. The Hall–Kier alpha value is -2.93. The predicted octanol–water partition coefficient (Wildman–Crippen LogP) is 3.58. The van der Waals surface area contributed by atoms with Gasteiger partial charge in [-0.15, -0.1) is 0 Å². The van der Waals surface area contributed by atoms with Crippen LogP contribution in [-0.4, -0.2) is 49.4 Å². The molecule has 2 atom stereocenters. The number of anilines is 1. The highest BCUT2D eigenvalue weighted by Crippen LogP contribution is 2.49. The highest BCUT2D eigenvalue weighted by Gasteiger charge is 2.43. The maximum absolute atomic E-state index is 14.9. The Morgan fingerprint density at radius 3 is 2.71 bits per heavy atom. The Kier molecular flexibility index (Phi) is 4.55. The highest BCUT2D eigenvalue weighted by molar-refractivity contribution is 6.09. The lowest BCUT2D eigenvalue weighted by Gasteiger charge is -2.51. The number of halogens is 1. The molecule has 0 spiro atoms. The first kappa shape index (κ1) is 20.0. The van der Waals surface area contributed by atoms with Gasteiger partial charge in [-0.05, 0) is 54.6 Å². The fraction of sp³-hybridized carbons (Fsp3) is 0.417. The Balaban J connectivity index is 1.70. The molecule has 0 aromatic heterocycles. The lowest BCUT2D eigenvalue weighted by atomic mass is 9.68. The Labute approximate surface area is 181 Å². The Morgan fingerprint density at radius 1 is 1.26 bits per heavy atom. The van der Waals surface area contributed by atoms with Gasteiger partial charge in [-0.1, -0.05) is 32.0 Å². The first-order valence-corrected chi connectivity index (χ1v) is 10.7. The van der Waals surface area contributed by atoms with Gasteiger partial charge in [0.25, 0.3) is 5.91 Å². The van der Waals surface area contributed by atoms with E-state index < -0.39 is 6.04 Å². The van der Waals surface area contributed by atoms with Crippen molar-refractivity contribution in [2.45, 2.75) is 32.7 Å². The first-order valence-electron chi connectivity index (χ1n) is 10.7. The van der Waals surface area contributed by atoms with Crippen LogP contribution in [0.2, 0.25) is 0 Å². The van der Waals surface area contributed by atoms with E-state index >= 15 is 0 Å². The van der Waals surface area contributed by atoms with Crippen LogP contribution in [0.1, 0.15) is 32.3 Å². The van der Waals surface area contributed by atoms with Gasteiger partial charge in [-0.2, -0.15) is 5.10 Å². The lowest BCUT2D eigenvalue weighted by Crippen LogP contribution is -2.56. The van der Waals surface area contributed by atoms with E-state index in [0.29, 0.717) is 17.1 Å². The van der Waals surface area contributed by atoms with Gasteiger partial charge < -0.3 is 14.5 Å². The third-order valence-corrected chi connectivity index (χ3v) is 7.03. The van der Waals surface area contributed by atoms with Crippen molar-refractivity contribution in [1.82, 2.24) is 10.3 Å². The predicted molar refractivity (Wildman–Crippen MR) is 119 cm³/mol. The summed E-state index contributed by atoms with van der Waals surface area (Å²) in [6, 6.07) is 10.5. The second kappa shape index (κ2) is 7.05. The van der Waals surface area contributed by atoms with Crippen LogP contribution in [0.15, 0.2) is 41.5 Å². The number of likely N-dealkylation sites (tertiary alicyclic amines) is 1. The van der Waals surface area contributed by atoms with E-state index in [1.165, 1.54) is 6.07 Å². The molecule has 0 aliphatic carbocycles. The summed E-state index contributed by atoms with van der Waals surface area (Å²) >= 11 is 0. The summed E-state index contributed by atoms with van der Waals surface area (Å²) in [7, 11) is 2.11. The van der Waals surface area contributed by atoms with Gasteiger partial charge in [0.05, 0.1) is 5.69 Å². The van der Waals surface area contributed by atoms with Gasteiger partial charge in [0.1, 0.15) is 24.2 Å². The molecule has 2 aromatic carbocycles. The summed E-state index contributed by atoms with van der Waals surface area (Å²) in [6.07, 6.45) is 0. The lowest BCUT2D eigenvalue weighted by molar-refractivity contribution is -0.122. The van der Waals surface area contributed by atoms with Crippen molar-refractivity contribution >= 4 is 17.4 Å². The van der Waals surface area contributed by atoms with Gasteiger partial charge in [-0.3, -0.25) is 4.79 Å². The van der Waals surface area contributed by atoms with Crippen LogP contribution < -0.4 is 15.1 Å². The quantitative estimate of drug-likeness (QED) is 0.822. The van der Waals surface area contributed by atoms with Crippen LogP contribution in [-0.2, 0) is 4.79 Å². The number of hydrogen-bond acceptors (Lipinski definition) is 5. The summed E-state index contributed by atoms with van der Waals surface area (Å²) in [5, 5.41) is 4.19. The van der Waals surface area contributed by atoms with Crippen molar-refractivity contribution in [3.05, 3.63) is 47.8 Å². The van der Waals surface area contributed by atoms with Crippen molar-refractivity contribution in [2.75, 3.05) is 31.6 Å². The number of amidine groups is 1. The number of nitrogens with one attached hydrogen (secondary N) is 1. The molecule has 2 aromatic rings. The highest BCUT2D eigenvalue weighted by atomic mass is 19.1. The standard InChI is InChI=1S/C24H27FN4O2/c1-14(24(3)12-28(4)13-24)17-9-20-21(10-18(17)16-7-5-6-8-19(16)25)31-11-22-26-27-23(30)15(2)29(20)22/h5-10,14-15H,11-13H2,1-4H3,(H,27,30)/t14-,15?/m1/s1. The number of hydrazone groups is 1. The number of carbonyl (C=O) groups is 1. The second-order valence-corrected chi connectivity index (χ2v) is 9.27. The SMILES string of the molecule is CC1C(=O)NN=C2COc3cc(-c4ccccc4F)c([C@@H](C)C4(C)CN(C)C4)cc3N21. The van der Waals surface area contributed by atoms with Crippen molar-refractivity contribution in [3.63, 3.8) is 0 Å². The Bertz CT molecular complexity index is 1090. The zero-order valence-electron chi connectivity index (χ0n) is 18.3. The molecule has 1 saturated heterocycles. The third-order valence-electron chi connectivity index (χ3n) is 7.03. The average Bonchev–Trinajstić information content (AvgIpc) is 2.74. The summed E-state index contributed by atoms with van der Waals surface area (Å²) in [5.74, 6) is 1.09. The zero-order chi connectivity index (χ0) is 21.9. The minimum Gasteiger partial charge on any atom is -0.483 e. The van der Waals surface area contributed by atoms with E-state index in [1.807, 2.05) is 30.0 Å². The molecule has 3 heterocycles. The van der Waals surface area contributed by atoms with E-state index in [2.05, 4.69) is 42.4 Å². The molecule has 7 heteroatoms. The minimum atomic E-state index is -0.400. The van der Waals surface area contributed by atoms with Gasteiger partial charge >= 0.3 is 0 Å². The van der Waals surface area contributed by atoms with Crippen molar-refractivity contribution in [2.24, 2.45) is 10.5 Å². The van der Waals surface area contributed by atoms with Crippen LogP contribution >= 0.6 is 0 Å². The van der Waals surface area contributed by atoms with E-state index in [1.54, 1.807) is 6.07 Å². The molecule has 3 aliphatic rings. The molecule has 0 bridgehead atoms. The van der Waals surface area contributed by atoms with Crippen molar-refractivity contribution in [3.8, 4) is 16.9 Å². The van der Waals surface area contributed by atoms with Crippen molar-refractivity contribution < 1.29 is 13.9 Å². The molecule has 6 nitrogen and oxygen atoms in total. The smallest absolute Gasteiger partial charge is 0.262 e. The van der Waals surface area contributed by atoms with Crippen LogP contribution in [0.3, 0.4) is 0 Å². The molecule has 3 aliphatic heterocycles. The van der Waals surface area contributed by atoms with E-state index in [9.17, 15) is 9.18 Å². The van der Waals surface area contributed by atoms with Gasteiger partial charge in [0, 0.05) is 18.7 Å². The number of amides is 1. The molecule has 0 saturated carbocycles. The molecule has 0 radical (unpaired) electrons. The molecular formula is C24H27FN4O2. The second-order valence-electron chi connectivity index (χ2n) is 9.27. The molecular weight excluding hydrogens is 395 g/mol. The maximum atomic E-state index is 14.9. The molecule has 1 unspecified atom stereocenters. The molecule has 1 N–H and O–H groups in total. The van der Waals surface area contributed by atoms with Gasteiger partial charge in [-0.25, -0.2) is 9.82 Å². The van der Waals surface area contributed by atoms with E-state index in [4.69, 9.17) is 4.74 Å². The third kappa shape index (κ3) is 3.10. The molecule has 1 amide bonds. The summed E-state index contributed by atoms with van der Waals surface area (Å²) in [4.78, 5) is 16.5. The first-order chi connectivity index (χ1) is 14.8. The zero-order valence-corrected chi connectivity index (χ0v) is 18.3. The summed E-state index contributed by atoms with van der Waals surface area (Å²) in [6.45, 7) is 8.56. The van der Waals surface area contributed by atoms with Gasteiger partial charge in [0.2, 0.25) is 0 Å². The van der Waals surface area contributed by atoms with Crippen LogP contribution in [0.25, 0.3) is 11.1 Å². The number of carbonyl (C=O) groups excluding carboxylic acids is 1. The number of ether oxygens (including phenoxy) is 1. The molecule has 5 rings (SSSR count). The number of rotatable bonds is 3. The Morgan fingerprint density at radius 2 is 2.00 bits per heavy atom. The fourth-order valence-electron chi connectivity index (χ4n) is 5.20. The number of hydrogen-bond donors (Lipinski definition) is 1. The largest absolute Gasteiger partial charge is 0.483 e. The van der Waals surface area contributed by atoms with Crippen molar-refractivity contribution in [1.29, 1.82) is 0 Å². The molecule has 1 fully saturated rings. The van der Waals surface area contributed by atoms with Crippen LogP contribution in [0.5, 0.6) is 5.75 Å². The monoisotopic (exact) mass is 422 g/mol. The summed E-state index contributed by atoms with van der Waals surface area (Å²) in [5.41, 5.74) is 5.92. The van der Waals surface area contributed by atoms with E-state index in [-0.39, 0.29) is 29.7 Å². The van der Waals surface area contributed by atoms with Gasteiger partial charge in [0.15, 0.2) is 5.84 Å². The topological polar surface area (TPSA) is 57.2 Å². The molecule has 31 heavy (non-hydrogen) atoms. The number of nitrogens with zero attached hydrogens (tertiary/aromatic N) is 3. The van der Waals surface area contributed by atoms with Crippen LogP contribution in [0.4, 0.5) is 10.1 Å². The summed E-state index contributed by atoms with van der Waals surface area (Å²) < 4.78 is 20.9. The minimum absolute atomic E-state index is 0.0837. The average molecular weight is 423 g/mol. The normalized spacial score (nSPS) is 23.0. The fourth-order valence-corrected chi connectivity index (χ4v) is 5.20.